The molecule has 0 aliphatic carbocycles. The molecule has 0 amide bonds. The van der Waals surface area contributed by atoms with Gasteiger partial charge in [-0.3, -0.25) is 0 Å². The summed E-state index contributed by atoms with van der Waals surface area (Å²) in [4.78, 5) is 4.58. The highest BCUT2D eigenvalue weighted by molar-refractivity contribution is 7.11. The lowest BCUT2D eigenvalue weighted by molar-refractivity contribution is 0.355. The molecule has 7 heteroatoms. The molecule has 28 heavy (non-hydrogen) atoms. The predicted molar refractivity (Wildman–Crippen MR) is 109 cm³/mol. The number of nitriles is 1. The Labute approximate surface area is 166 Å². The summed E-state index contributed by atoms with van der Waals surface area (Å²) in [6.07, 6.45) is 1.68. The summed E-state index contributed by atoms with van der Waals surface area (Å²) < 4.78 is 15.6. The number of phenols is 1. The smallest absolute Gasteiger partial charge is 0.161 e. The lowest BCUT2D eigenvalue weighted by Crippen LogP contribution is -1.91. The van der Waals surface area contributed by atoms with Gasteiger partial charge in [0.1, 0.15) is 11.1 Å². The molecule has 3 aromatic rings. The Balaban J connectivity index is 1.93. The van der Waals surface area contributed by atoms with Crippen LogP contribution in [-0.4, -0.2) is 31.4 Å². The number of hydrogen-bond acceptors (Lipinski definition) is 7. The third-order valence-electron chi connectivity index (χ3n) is 4.05. The summed E-state index contributed by atoms with van der Waals surface area (Å²) in [5.41, 5.74) is 2.68. The molecular formula is C21H18N2O4S. The molecule has 0 unspecified atom stereocenters. The molecule has 1 N–H and O–H groups in total. The topological polar surface area (TPSA) is 84.6 Å². The maximum Gasteiger partial charge on any atom is 0.161 e. The first-order chi connectivity index (χ1) is 13.6. The lowest BCUT2D eigenvalue weighted by Gasteiger charge is -2.08. The highest BCUT2D eigenvalue weighted by Gasteiger charge is 2.12. The first-order valence-electron chi connectivity index (χ1n) is 8.26. The van der Waals surface area contributed by atoms with Crippen molar-refractivity contribution in [1.29, 1.82) is 5.26 Å². The molecule has 0 saturated carbocycles. The van der Waals surface area contributed by atoms with Gasteiger partial charge in [0.05, 0.1) is 32.6 Å². The van der Waals surface area contributed by atoms with Crippen molar-refractivity contribution in [3.05, 3.63) is 52.3 Å². The normalized spacial score (nSPS) is 11.0. The highest BCUT2D eigenvalue weighted by atomic mass is 32.1. The number of thiazole rings is 1. The van der Waals surface area contributed by atoms with E-state index in [1.165, 1.54) is 18.4 Å². The first kappa shape index (κ1) is 19.3. The average Bonchev–Trinajstić information content (AvgIpc) is 3.21. The number of aromatic nitrogens is 1. The minimum Gasteiger partial charge on any atom is -0.504 e. The summed E-state index contributed by atoms with van der Waals surface area (Å²) in [6, 6.07) is 12.7. The van der Waals surface area contributed by atoms with Crippen molar-refractivity contribution in [2.24, 2.45) is 0 Å². The SMILES string of the molecule is COc1ccc(C=C(C#N)c2nc(-c3ccc(OC)c(OC)c3)cs2)cc1O. The minimum atomic E-state index is 0.0127. The van der Waals surface area contributed by atoms with Crippen LogP contribution in [0, 0.1) is 11.3 Å². The quantitative estimate of drug-likeness (QED) is 0.615. The Kier molecular flexibility index (Phi) is 5.82. The van der Waals surface area contributed by atoms with Gasteiger partial charge in [0.2, 0.25) is 0 Å². The zero-order valence-corrected chi connectivity index (χ0v) is 16.4. The molecule has 0 spiro atoms. The van der Waals surface area contributed by atoms with E-state index in [0.29, 0.717) is 33.4 Å². The van der Waals surface area contributed by atoms with E-state index < -0.39 is 0 Å². The van der Waals surface area contributed by atoms with Crippen LogP contribution in [0.4, 0.5) is 0 Å². The van der Waals surface area contributed by atoms with E-state index in [1.807, 2.05) is 23.6 Å². The molecule has 0 radical (unpaired) electrons. The van der Waals surface area contributed by atoms with Gasteiger partial charge in [-0.15, -0.1) is 11.3 Å². The predicted octanol–water partition coefficient (Wildman–Crippen LogP) is 4.61. The summed E-state index contributed by atoms with van der Waals surface area (Å²) in [5.74, 6) is 1.64. The van der Waals surface area contributed by atoms with Crippen LogP contribution in [-0.2, 0) is 0 Å². The highest BCUT2D eigenvalue weighted by Crippen LogP contribution is 2.34. The third-order valence-corrected chi connectivity index (χ3v) is 4.92. The molecule has 1 aromatic heterocycles. The molecule has 0 bridgehead atoms. The number of ether oxygens (including phenoxy) is 3. The van der Waals surface area contributed by atoms with Crippen molar-refractivity contribution < 1.29 is 19.3 Å². The monoisotopic (exact) mass is 394 g/mol. The Morgan fingerprint density at radius 1 is 1.04 bits per heavy atom. The molecular weight excluding hydrogens is 376 g/mol. The molecule has 2 aromatic carbocycles. The maximum atomic E-state index is 9.92. The van der Waals surface area contributed by atoms with Crippen LogP contribution in [0.25, 0.3) is 22.9 Å². The van der Waals surface area contributed by atoms with E-state index >= 15 is 0 Å². The molecule has 6 nitrogen and oxygen atoms in total. The Bertz CT molecular complexity index is 1070. The molecule has 0 aliphatic heterocycles. The number of rotatable bonds is 6. The van der Waals surface area contributed by atoms with Gasteiger partial charge >= 0.3 is 0 Å². The second-order valence-electron chi connectivity index (χ2n) is 5.71. The molecule has 0 atom stereocenters. The number of aromatic hydroxyl groups is 1. The van der Waals surface area contributed by atoms with E-state index in [2.05, 4.69) is 11.1 Å². The summed E-state index contributed by atoms with van der Waals surface area (Å²) in [7, 11) is 4.64. The lowest BCUT2D eigenvalue weighted by atomic mass is 10.1. The van der Waals surface area contributed by atoms with Gasteiger partial charge in [0.25, 0.3) is 0 Å². The van der Waals surface area contributed by atoms with E-state index in [-0.39, 0.29) is 5.75 Å². The number of allylic oxidation sites excluding steroid dienone is 1. The van der Waals surface area contributed by atoms with Gasteiger partial charge in [-0.05, 0) is 42.0 Å². The Hall–Kier alpha value is -3.50. The van der Waals surface area contributed by atoms with Gasteiger partial charge < -0.3 is 19.3 Å². The summed E-state index contributed by atoms with van der Waals surface area (Å²) >= 11 is 1.37. The Morgan fingerprint density at radius 2 is 1.75 bits per heavy atom. The fourth-order valence-corrected chi connectivity index (χ4v) is 3.43. The van der Waals surface area contributed by atoms with Crippen LogP contribution in [0.1, 0.15) is 10.6 Å². The fourth-order valence-electron chi connectivity index (χ4n) is 2.63. The van der Waals surface area contributed by atoms with Crippen LogP contribution in [0.5, 0.6) is 23.0 Å². The Morgan fingerprint density at radius 3 is 2.39 bits per heavy atom. The van der Waals surface area contributed by atoms with Crippen LogP contribution in [0.15, 0.2) is 41.8 Å². The van der Waals surface area contributed by atoms with E-state index in [1.54, 1.807) is 38.5 Å². The molecule has 0 fully saturated rings. The number of methoxy groups -OCH3 is 3. The first-order valence-corrected chi connectivity index (χ1v) is 9.14. The maximum absolute atomic E-state index is 9.92. The van der Waals surface area contributed by atoms with Crippen LogP contribution >= 0.6 is 11.3 Å². The van der Waals surface area contributed by atoms with Gasteiger partial charge in [-0.1, -0.05) is 6.07 Å². The van der Waals surface area contributed by atoms with Crippen molar-refractivity contribution in [2.75, 3.05) is 21.3 Å². The standard InChI is InChI=1S/C21H18N2O4S/c1-25-18-6-4-13(9-17(18)24)8-15(11-22)21-23-16(12-28-21)14-5-7-19(26-2)20(10-14)27-3/h4-10,12,24H,1-3H3. The molecule has 142 valence electrons. The number of phenolic OH excluding ortho intramolecular Hbond substituents is 1. The van der Waals surface area contributed by atoms with Crippen molar-refractivity contribution >= 4 is 23.0 Å². The van der Waals surface area contributed by atoms with Crippen molar-refractivity contribution in [3.8, 4) is 40.3 Å². The molecule has 3 rings (SSSR count). The van der Waals surface area contributed by atoms with Gasteiger partial charge in [0, 0.05) is 10.9 Å². The molecule has 0 aliphatic rings. The number of benzene rings is 2. The zero-order valence-electron chi connectivity index (χ0n) is 15.6. The number of hydrogen-bond donors (Lipinski definition) is 1. The summed E-state index contributed by atoms with van der Waals surface area (Å²) in [6.45, 7) is 0. The minimum absolute atomic E-state index is 0.0127. The zero-order chi connectivity index (χ0) is 20.1. The van der Waals surface area contributed by atoms with Gasteiger partial charge in [0.15, 0.2) is 23.0 Å². The second kappa shape index (κ2) is 8.46. The van der Waals surface area contributed by atoms with Crippen molar-refractivity contribution in [2.45, 2.75) is 0 Å². The average molecular weight is 394 g/mol. The van der Waals surface area contributed by atoms with E-state index in [4.69, 9.17) is 14.2 Å². The van der Waals surface area contributed by atoms with E-state index in [9.17, 15) is 10.4 Å². The third kappa shape index (κ3) is 3.92. The van der Waals surface area contributed by atoms with Gasteiger partial charge in [-0.2, -0.15) is 5.26 Å². The van der Waals surface area contributed by atoms with Crippen LogP contribution in [0.2, 0.25) is 0 Å². The van der Waals surface area contributed by atoms with Crippen LogP contribution < -0.4 is 14.2 Å². The second-order valence-corrected chi connectivity index (χ2v) is 6.57. The largest absolute Gasteiger partial charge is 0.504 e. The van der Waals surface area contributed by atoms with Crippen LogP contribution in [0.3, 0.4) is 0 Å². The van der Waals surface area contributed by atoms with Crippen molar-refractivity contribution in [1.82, 2.24) is 4.98 Å². The molecule has 0 saturated heterocycles. The van der Waals surface area contributed by atoms with Crippen molar-refractivity contribution in [3.63, 3.8) is 0 Å². The summed E-state index contributed by atoms with van der Waals surface area (Å²) in [5, 5.41) is 22.0. The van der Waals surface area contributed by atoms with Gasteiger partial charge in [-0.25, -0.2) is 4.98 Å². The molecule has 1 heterocycles. The fraction of sp³-hybridized carbons (Fsp3) is 0.143. The van der Waals surface area contributed by atoms with E-state index in [0.717, 1.165) is 11.3 Å². The number of nitrogens with zero attached hydrogens (tertiary/aromatic N) is 2.